The first kappa shape index (κ1) is 12.2. The summed E-state index contributed by atoms with van der Waals surface area (Å²) in [7, 11) is 0. The maximum absolute atomic E-state index is 13.2. The molecule has 1 unspecified atom stereocenters. The van der Waals surface area contributed by atoms with E-state index in [9.17, 15) is 4.39 Å². The fourth-order valence-electron chi connectivity index (χ4n) is 1.76. The third-order valence-electron chi connectivity index (χ3n) is 2.32. The monoisotopic (exact) mass is 209 g/mol. The molecule has 0 radical (unpaired) electrons. The van der Waals surface area contributed by atoms with Crippen molar-refractivity contribution in [3.63, 3.8) is 0 Å². The van der Waals surface area contributed by atoms with E-state index in [0.717, 1.165) is 17.5 Å². The SMILES string of the molecule is Cc1cc(F)cc(C(N)CC(C)(C)C)c1. The van der Waals surface area contributed by atoms with Gasteiger partial charge in [-0.15, -0.1) is 0 Å². The van der Waals surface area contributed by atoms with Crippen LogP contribution in [0, 0.1) is 18.2 Å². The summed E-state index contributed by atoms with van der Waals surface area (Å²) in [5, 5.41) is 0. The van der Waals surface area contributed by atoms with E-state index in [2.05, 4.69) is 20.8 Å². The van der Waals surface area contributed by atoms with Crippen LogP contribution in [-0.4, -0.2) is 0 Å². The smallest absolute Gasteiger partial charge is 0.123 e. The first-order valence-corrected chi connectivity index (χ1v) is 5.30. The van der Waals surface area contributed by atoms with Crippen LogP contribution in [0.15, 0.2) is 18.2 Å². The van der Waals surface area contributed by atoms with Crippen molar-refractivity contribution in [1.82, 2.24) is 0 Å². The molecule has 0 spiro atoms. The molecule has 0 aliphatic carbocycles. The van der Waals surface area contributed by atoms with Gasteiger partial charge in [0.2, 0.25) is 0 Å². The van der Waals surface area contributed by atoms with E-state index < -0.39 is 0 Å². The van der Waals surface area contributed by atoms with Gasteiger partial charge in [-0.2, -0.15) is 0 Å². The molecule has 0 heterocycles. The van der Waals surface area contributed by atoms with E-state index in [1.54, 1.807) is 0 Å². The zero-order chi connectivity index (χ0) is 11.6. The molecule has 0 aliphatic heterocycles. The molecule has 2 heteroatoms. The molecule has 1 atom stereocenters. The Bertz CT molecular complexity index is 319. The molecular weight excluding hydrogens is 189 g/mol. The number of nitrogens with two attached hydrogens (primary N) is 1. The van der Waals surface area contributed by atoms with Crippen LogP contribution in [0.2, 0.25) is 0 Å². The van der Waals surface area contributed by atoms with Gasteiger partial charge in [0.1, 0.15) is 5.82 Å². The van der Waals surface area contributed by atoms with Crippen LogP contribution in [0.3, 0.4) is 0 Å². The third-order valence-corrected chi connectivity index (χ3v) is 2.32. The van der Waals surface area contributed by atoms with Gasteiger partial charge in [-0.05, 0) is 42.0 Å². The zero-order valence-electron chi connectivity index (χ0n) is 9.97. The topological polar surface area (TPSA) is 26.0 Å². The highest BCUT2D eigenvalue weighted by Crippen LogP contribution is 2.28. The highest BCUT2D eigenvalue weighted by Gasteiger charge is 2.17. The fourth-order valence-corrected chi connectivity index (χ4v) is 1.76. The normalized spacial score (nSPS) is 14.0. The van der Waals surface area contributed by atoms with Crippen molar-refractivity contribution >= 4 is 0 Å². The third kappa shape index (κ3) is 4.00. The molecule has 0 aliphatic rings. The van der Waals surface area contributed by atoms with Crippen LogP contribution in [0.4, 0.5) is 4.39 Å². The van der Waals surface area contributed by atoms with E-state index >= 15 is 0 Å². The predicted octanol–water partition coefficient (Wildman–Crippen LogP) is 3.57. The van der Waals surface area contributed by atoms with E-state index in [0.29, 0.717) is 0 Å². The summed E-state index contributed by atoms with van der Waals surface area (Å²) in [4.78, 5) is 0. The van der Waals surface area contributed by atoms with Crippen LogP contribution < -0.4 is 5.73 Å². The summed E-state index contributed by atoms with van der Waals surface area (Å²) >= 11 is 0. The molecule has 0 saturated heterocycles. The Hall–Kier alpha value is -0.890. The Balaban J connectivity index is 2.86. The van der Waals surface area contributed by atoms with Crippen LogP contribution in [0.1, 0.15) is 44.4 Å². The molecule has 2 N–H and O–H groups in total. The van der Waals surface area contributed by atoms with Gasteiger partial charge >= 0.3 is 0 Å². The van der Waals surface area contributed by atoms with Crippen LogP contribution >= 0.6 is 0 Å². The molecule has 1 aromatic rings. The number of halogens is 1. The number of rotatable bonds is 2. The van der Waals surface area contributed by atoms with E-state index in [4.69, 9.17) is 5.73 Å². The first-order chi connectivity index (χ1) is 6.78. The van der Waals surface area contributed by atoms with Crippen molar-refractivity contribution < 1.29 is 4.39 Å². The Morgan fingerprint density at radius 3 is 2.33 bits per heavy atom. The first-order valence-electron chi connectivity index (χ1n) is 5.30. The van der Waals surface area contributed by atoms with Gasteiger partial charge in [0.05, 0.1) is 0 Å². The Morgan fingerprint density at radius 2 is 1.87 bits per heavy atom. The largest absolute Gasteiger partial charge is 0.324 e. The standard InChI is InChI=1S/C13H20FN/c1-9-5-10(7-11(14)6-9)12(15)8-13(2,3)4/h5-7,12H,8,15H2,1-4H3. The van der Waals surface area contributed by atoms with E-state index in [1.165, 1.54) is 12.1 Å². The van der Waals surface area contributed by atoms with Gasteiger partial charge < -0.3 is 5.73 Å². The molecule has 0 fully saturated rings. The van der Waals surface area contributed by atoms with Crippen molar-refractivity contribution in [3.05, 3.63) is 35.1 Å². The van der Waals surface area contributed by atoms with E-state index in [-0.39, 0.29) is 17.3 Å². The van der Waals surface area contributed by atoms with Crippen molar-refractivity contribution in [2.45, 2.75) is 40.2 Å². The Kier molecular flexibility index (Phi) is 3.50. The Labute approximate surface area is 91.5 Å². The summed E-state index contributed by atoms with van der Waals surface area (Å²) in [5.41, 5.74) is 8.04. The molecule has 84 valence electrons. The molecule has 1 nitrogen and oxygen atoms in total. The number of benzene rings is 1. The van der Waals surface area contributed by atoms with Gasteiger partial charge in [-0.1, -0.05) is 26.8 Å². The summed E-state index contributed by atoms with van der Waals surface area (Å²) in [5.74, 6) is -0.200. The summed E-state index contributed by atoms with van der Waals surface area (Å²) in [6.07, 6.45) is 0.857. The highest BCUT2D eigenvalue weighted by molar-refractivity contribution is 5.26. The molecule has 1 aromatic carbocycles. The Morgan fingerprint density at radius 1 is 1.27 bits per heavy atom. The molecule has 0 amide bonds. The lowest BCUT2D eigenvalue weighted by molar-refractivity contribution is 0.342. The van der Waals surface area contributed by atoms with E-state index in [1.807, 2.05) is 13.0 Å². The second kappa shape index (κ2) is 4.31. The maximum atomic E-state index is 13.2. The lowest BCUT2D eigenvalue weighted by Gasteiger charge is -2.23. The lowest BCUT2D eigenvalue weighted by atomic mass is 9.85. The molecular formula is C13H20FN. The number of hydrogen-bond donors (Lipinski definition) is 1. The lowest BCUT2D eigenvalue weighted by Crippen LogP contribution is -2.19. The van der Waals surface area contributed by atoms with Gasteiger partial charge in [-0.25, -0.2) is 4.39 Å². The molecule has 0 aromatic heterocycles. The van der Waals surface area contributed by atoms with Crippen molar-refractivity contribution in [1.29, 1.82) is 0 Å². The van der Waals surface area contributed by atoms with Crippen LogP contribution in [-0.2, 0) is 0 Å². The second-order valence-corrected chi connectivity index (χ2v) is 5.43. The summed E-state index contributed by atoms with van der Waals surface area (Å²) < 4.78 is 13.2. The number of hydrogen-bond acceptors (Lipinski definition) is 1. The van der Waals surface area contributed by atoms with Gasteiger partial charge in [0, 0.05) is 6.04 Å². The van der Waals surface area contributed by atoms with Gasteiger partial charge in [-0.3, -0.25) is 0 Å². The average molecular weight is 209 g/mol. The number of aryl methyl sites for hydroxylation is 1. The van der Waals surface area contributed by atoms with Crippen LogP contribution in [0.5, 0.6) is 0 Å². The minimum atomic E-state index is -0.200. The molecule has 0 bridgehead atoms. The summed E-state index contributed by atoms with van der Waals surface area (Å²) in [6.45, 7) is 8.30. The quantitative estimate of drug-likeness (QED) is 0.791. The maximum Gasteiger partial charge on any atom is 0.123 e. The molecule has 1 rings (SSSR count). The summed E-state index contributed by atoms with van der Waals surface area (Å²) in [6, 6.07) is 4.93. The predicted molar refractivity (Wildman–Crippen MR) is 62.1 cm³/mol. The fraction of sp³-hybridized carbons (Fsp3) is 0.538. The molecule has 15 heavy (non-hydrogen) atoms. The second-order valence-electron chi connectivity index (χ2n) is 5.43. The van der Waals surface area contributed by atoms with Crippen molar-refractivity contribution in [2.24, 2.45) is 11.1 Å². The van der Waals surface area contributed by atoms with Crippen molar-refractivity contribution in [3.8, 4) is 0 Å². The van der Waals surface area contributed by atoms with Gasteiger partial charge in [0.15, 0.2) is 0 Å². The zero-order valence-corrected chi connectivity index (χ0v) is 9.97. The minimum absolute atomic E-state index is 0.0839. The highest BCUT2D eigenvalue weighted by atomic mass is 19.1. The molecule has 0 saturated carbocycles. The van der Waals surface area contributed by atoms with Gasteiger partial charge in [0.25, 0.3) is 0 Å². The van der Waals surface area contributed by atoms with Crippen LogP contribution in [0.25, 0.3) is 0 Å². The minimum Gasteiger partial charge on any atom is -0.324 e. The average Bonchev–Trinajstić information content (AvgIpc) is 1.98. The van der Waals surface area contributed by atoms with Crippen molar-refractivity contribution in [2.75, 3.05) is 0 Å².